The van der Waals surface area contributed by atoms with Crippen molar-refractivity contribution in [2.45, 2.75) is 24.0 Å². The predicted octanol–water partition coefficient (Wildman–Crippen LogP) is 3.60. The number of nitrogens with two attached hydrogens (primary N) is 1. The van der Waals surface area contributed by atoms with Gasteiger partial charge in [-0.1, -0.05) is 35.9 Å². The number of alkyl halides is 3. The van der Waals surface area contributed by atoms with Gasteiger partial charge in [-0.3, -0.25) is 4.79 Å². The number of carbonyl (C=O) groups is 1. The summed E-state index contributed by atoms with van der Waals surface area (Å²) in [6, 6.07) is 10.8. The molecule has 0 aliphatic rings. The normalized spacial score (nSPS) is 12.4. The molecule has 0 aliphatic carbocycles. The largest absolute Gasteiger partial charge is 0.326 e. The predicted molar refractivity (Wildman–Crippen MR) is 117 cm³/mol. The maximum Gasteiger partial charge on any atom is 0.287 e. The number of aromatic nitrogens is 2. The number of sulfonamides is 1. The number of nitrogens with one attached hydrogen (secondary N) is 2. The second kappa shape index (κ2) is 10.1. The fourth-order valence-electron chi connectivity index (χ4n) is 2.82. The Morgan fingerprint density at radius 1 is 1.09 bits per heavy atom. The summed E-state index contributed by atoms with van der Waals surface area (Å²) in [7, 11) is -4.25. The lowest BCUT2D eigenvalue weighted by Crippen LogP contribution is -2.23. The summed E-state index contributed by atoms with van der Waals surface area (Å²) >= 11 is 6.05. The van der Waals surface area contributed by atoms with E-state index >= 15 is 0 Å². The molecule has 1 unspecified atom stereocenters. The first-order chi connectivity index (χ1) is 15.5. The van der Waals surface area contributed by atoms with Gasteiger partial charge in [-0.15, -0.1) is 0 Å². The van der Waals surface area contributed by atoms with Gasteiger partial charge in [0.05, 0.1) is 11.3 Å². The number of hydrogen-bond acceptors (Lipinski definition) is 6. The molecule has 0 bridgehead atoms. The van der Waals surface area contributed by atoms with Gasteiger partial charge in [-0.2, -0.15) is 0 Å². The van der Waals surface area contributed by atoms with Gasteiger partial charge >= 0.3 is 0 Å². The van der Waals surface area contributed by atoms with Crippen molar-refractivity contribution in [3.8, 4) is 11.1 Å². The Balaban J connectivity index is 1.84. The topological polar surface area (TPSA) is 127 Å². The minimum absolute atomic E-state index is 0.0391. The molecular weight excluding hydrogens is 483 g/mol. The van der Waals surface area contributed by atoms with Crippen molar-refractivity contribution in [2.75, 3.05) is 10.6 Å². The van der Waals surface area contributed by atoms with E-state index < -0.39 is 34.6 Å². The molecule has 0 spiro atoms. The van der Waals surface area contributed by atoms with Gasteiger partial charge < -0.3 is 10.6 Å². The summed E-state index contributed by atoms with van der Waals surface area (Å²) in [4.78, 5) is 19.5. The molecule has 1 aromatic heterocycles. The van der Waals surface area contributed by atoms with Gasteiger partial charge in [0, 0.05) is 34.2 Å². The van der Waals surface area contributed by atoms with Crippen molar-refractivity contribution in [1.29, 1.82) is 0 Å². The van der Waals surface area contributed by atoms with Crippen molar-refractivity contribution < 1.29 is 26.4 Å². The zero-order chi connectivity index (χ0) is 24.2. The molecule has 3 rings (SSSR count). The van der Waals surface area contributed by atoms with E-state index in [1.165, 1.54) is 12.1 Å². The average Bonchev–Trinajstić information content (AvgIpc) is 2.75. The minimum Gasteiger partial charge on any atom is -0.326 e. The van der Waals surface area contributed by atoms with Crippen molar-refractivity contribution >= 4 is 39.2 Å². The Bertz CT molecular complexity index is 1260. The molecule has 1 heterocycles. The summed E-state index contributed by atoms with van der Waals surface area (Å²) in [6.07, 6.45) is -3.74. The van der Waals surface area contributed by atoms with E-state index in [1.807, 2.05) is 0 Å². The number of carbonyl (C=O) groups excluding carboxylic acids is 1. The van der Waals surface area contributed by atoms with Crippen LogP contribution in [0, 0.1) is 0 Å². The number of hydrogen-bond donors (Lipinski definition) is 3. The SMILES string of the molecule is NS(=O)(=O)c1cc(NC(=O)Cc2ccccc2Cl)ccc1-c1cnc(NC(F)C(F)F)nc1. The average molecular weight is 500 g/mol. The zero-order valence-corrected chi connectivity index (χ0v) is 18.2. The second-order valence-corrected chi connectivity index (χ2v) is 8.69. The number of benzene rings is 2. The molecule has 3 aromatic rings. The van der Waals surface area contributed by atoms with Crippen LogP contribution >= 0.6 is 11.6 Å². The molecule has 0 aliphatic heterocycles. The lowest BCUT2D eigenvalue weighted by molar-refractivity contribution is -0.115. The molecule has 0 saturated carbocycles. The Morgan fingerprint density at radius 3 is 2.36 bits per heavy atom. The summed E-state index contributed by atoms with van der Waals surface area (Å²) in [5.74, 6) is -0.845. The van der Waals surface area contributed by atoms with E-state index in [1.54, 1.807) is 29.6 Å². The standard InChI is InChI=1S/C20H17ClF3N5O3S/c21-15-4-2-1-3-11(15)7-17(30)28-13-5-6-14(16(8-13)33(25,31)32)12-9-26-20(27-10-12)29-19(24)18(22)23/h1-6,8-10,18-19H,7H2,(H,28,30)(H2,25,31,32)(H,26,27,29). The molecule has 4 N–H and O–H groups in total. The Hall–Kier alpha value is -3.22. The zero-order valence-electron chi connectivity index (χ0n) is 16.7. The van der Waals surface area contributed by atoms with Gasteiger partial charge in [-0.05, 0) is 23.8 Å². The fraction of sp³-hybridized carbons (Fsp3) is 0.150. The van der Waals surface area contributed by atoms with E-state index in [-0.39, 0.29) is 28.1 Å². The van der Waals surface area contributed by atoms with Crippen molar-refractivity contribution in [1.82, 2.24) is 9.97 Å². The first kappa shape index (κ1) is 24.4. The Labute approximate surface area is 192 Å². The molecule has 8 nitrogen and oxygen atoms in total. The number of rotatable bonds is 8. The summed E-state index contributed by atoms with van der Waals surface area (Å²) in [5, 5.41) is 10.1. The highest BCUT2D eigenvalue weighted by Crippen LogP contribution is 2.29. The summed E-state index contributed by atoms with van der Waals surface area (Å²) in [5.41, 5.74) is 1.02. The molecule has 0 saturated heterocycles. The van der Waals surface area contributed by atoms with Crippen molar-refractivity contribution in [2.24, 2.45) is 5.14 Å². The highest BCUT2D eigenvalue weighted by atomic mass is 35.5. The van der Waals surface area contributed by atoms with Crippen LogP contribution in [-0.2, 0) is 21.2 Å². The Kier molecular flexibility index (Phi) is 7.51. The van der Waals surface area contributed by atoms with Crippen LogP contribution in [-0.4, -0.2) is 37.0 Å². The van der Waals surface area contributed by atoms with Crippen LogP contribution in [0.15, 0.2) is 59.8 Å². The smallest absolute Gasteiger partial charge is 0.287 e. The molecule has 174 valence electrons. The first-order valence-electron chi connectivity index (χ1n) is 9.26. The number of halogens is 4. The van der Waals surface area contributed by atoms with Crippen LogP contribution in [0.5, 0.6) is 0 Å². The van der Waals surface area contributed by atoms with Gasteiger partial charge in [0.25, 0.3) is 6.43 Å². The monoisotopic (exact) mass is 499 g/mol. The van der Waals surface area contributed by atoms with E-state index in [9.17, 15) is 26.4 Å². The Morgan fingerprint density at radius 2 is 1.76 bits per heavy atom. The van der Waals surface area contributed by atoms with Crippen LogP contribution in [0.2, 0.25) is 5.02 Å². The van der Waals surface area contributed by atoms with E-state index in [2.05, 4.69) is 15.3 Å². The van der Waals surface area contributed by atoms with E-state index in [0.29, 0.717) is 10.6 Å². The summed E-state index contributed by atoms with van der Waals surface area (Å²) < 4.78 is 62.0. The van der Waals surface area contributed by atoms with Gasteiger partial charge in [0.1, 0.15) is 0 Å². The molecule has 1 atom stereocenters. The fourth-order valence-corrected chi connectivity index (χ4v) is 3.81. The van der Waals surface area contributed by atoms with Gasteiger partial charge in [-0.25, -0.2) is 36.7 Å². The van der Waals surface area contributed by atoms with Crippen LogP contribution in [0.3, 0.4) is 0 Å². The van der Waals surface area contributed by atoms with Crippen LogP contribution in [0.4, 0.5) is 24.8 Å². The van der Waals surface area contributed by atoms with Gasteiger partial charge in [0.15, 0.2) is 0 Å². The third kappa shape index (κ3) is 6.40. The lowest BCUT2D eigenvalue weighted by atomic mass is 10.1. The van der Waals surface area contributed by atoms with E-state index in [4.69, 9.17) is 16.7 Å². The van der Waals surface area contributed by atoms with Gasteiger partial charge in [0.2, 0.25) is 28.2 Å². The number of primary sulfonamides is 1. The summed E-state index contributed by atoms with van der Waals surface area (Å²) in [6.45, 7) is 0. The molecule has 0 fully saturated rings. The molecule has 13 heteroatoms. The van der Waals surface area contributed by atoms with Crippen molar-refractivity contribution in [3.63, 3.8) is 0 Å². The number of nitrogens with zero attached hydrogens (tertiary/aromatic N) is 2. The highest BCUT2D eigenvalue weighted by molar-refractivity contribution is 7.89. The van der Waals surface area contributed by atoms with Crippen LogP contribution in [0.1, 0.15) is 5.56 Å². The molecule has 0 radical (unpaired) electrons. The number of amides is 1. The maximum absolute atomic E-state index is 13.1. The molecule has 2 aromatic carbocycles. The van der Waals surface area contributed by atoms with Crippen molar-refractivity contribution in [3.05, 3.63) is 65.4 Å². The minimum atomic E-state index is -4.25. The highest BCUT2D eigenvalue weighted by Gasteiger charge is 2.21. The maximum atomic E-state index is 13.1. The second-order valence-electron chi connectivity index (χ2n) is 6.75. The quantitative estimate of drug-likeness (QED) is 0.406. The molecule has 1 amide bonds. The first-order valence-corrected chi connectivity index (χ1v) is 11.2. The lowest BCUT2D eigenvalue weighted by Gasteiger charge is -2.13. The van der Waals surface area contributed by atoms with Crippen LogP contribution in [0.25, 0.3) is 11.1 Å². The molecular formula is C20H17ClF3N5O3S. The van der Waals surface area contributed by atoms with E-state index in [0.717, 1.165) is 18.5 Å². The third-order valence-corrected chi connectivity index (χ3v) is 5.65. The van der Waals surface area contributed by atoms with Crippen LogP contribution < -0.4 is 15.8 Å². The third-order valence-electron chi connectivity index (χ3n) is 4.33. The molecule has 33 heavy (non-hydrogen) atoms. The number of anilines is 2.